The maximum atomic E-state index is 12.3. The lowest BCUT2D eigenvalue weighted by Gasteiger charge is -2.19. The van der Waals surface area contributed by atoms with E-state index >= 15 is 0 Å². The van der Waals surface area contributed by atoms with Crippen molar-refractivity contribution in [2.24, 2.45) is 0 Å². The van der Waals surface area contributed by atoms with Crippen LogP contribution in [0.4, 0.5) is 10.5 Å². The maximum absolute atomic E-state index is 12.3. The molecule has 7 nitrogen and oxygen atoms in total. The Morgan fingerprint density at radius 2 is 1.79 bits per heavy atom. The molecule has 24 heavy (non-hydrogen) atoms. The van der Waals surface area contributed by atoms with Crippen LogP contribution in [0.15, 0.2) is 18.2 Å². The predicted octanol–water partition coefficient (Wildman–Crippen LogP) is 3.24. The van der Waals surface area contributed by atoms with E-state index in [1.807, 2.05) is 0 Å². The predicted molar refractivity (Wildman–Crippen MR) is 91.5 cm³/mol. The third-order valence-corrected chi connectivity index (χ3v) is 3.39. The van der Waals surface area contributed by atoms with Crippen LogP contribution >= 0.6 is 0 Å². The molecule has 0 unspecified atom stereocenters. The van der Waals surface area contributed by atoms with E-state index in [-0.39, 0.29) is 0 Å². The van der Waals surface area contributed by atoms with Crippen molar-refractivity contribution >= 4 is 11.8 Å². The topological polar surface area (TPSA) is 88.6 Å². The summed E-state index contributed by atoms with van der Waals surface area (Å²) in [6.07, 6.45) is -0.571. The molecule has 2 N–H and O–H groups in total. The molecule has 2 aromatic rings. The zero-order valence-corrected chi connectivity index (χ0v) is 14.8. The van der Waals surface area contributed by atoms with Gasteiger partial charge in [-0.1, -0.05) is 0 Å². The number of rotatable bonds is 3. The second kappa shape index (κ2) is 6.43. The van der Waals surface area contributed by atoms with Crippen LogP contribution in [0.25, 0.3) is 11.3 Å². The highest BCUT2D eigenvalue weighted by molar-refractivity contribution is 5.81. The van der Waals surface area contributed by atoms with Crippen molar-refractivity contribution in [2.45, 2.75) is 33.3 Å². The molecule has 0 spiro atoms. The van der Waals surface area contributed by atoms with Crippen molar-refractivity contribution in [1.82, 2.24) is 9.78 Å². The van der Waals surface area contributed by atoms with E-state index in [2.05, 4.69) is 5.10 Å². The molecule has 2 rings (SSSR count). The van der Waals surface area contributed by atoms with E-state index in [1.165, 1.54) is 4.68 Å². The van der Waals surface area contributed by atoms with Crippen LogP contribution in [-0.2, 0) is 4.74 Å². The number of ether oxygens (including phenoxy) is 3. The number of hydrogen-bond donors (Lipinski definition) is 1. The van der Waals surface area contributed by atoms with E-state index in [0.29, 0.717) is 28.6 Å². The average molecular weight is 333 g/mol. The van der Waals surface area contributed by atoms with Gasteiger partial charge in [0.15, 0.2) is 11.5 Å². The van der Waals surface area contributed by atoms with Crippen LogP contribution in [0.1, 0.15) is 26.5 Å². The van der Waals surface area contributed by atoms with Crippen molar-refractivity contribution in [2.75, 3.05) is 20.0 Å². The fourth-order valence-corrected chi connectivity index (χ4v) is 2.19. The van der Waals surface area contributed by atoms with Gasteiger partial charge in [-0.25, -0.2) is 4.79 Å². The van der Waals surface area contributed by atoms with E-state index in [4.69, 9.17) is 19.9 Å². The van der Waals surface area contributed by atoms with Gasteiger partial charge in [0, 0.05) is 5.56 Å². The van der Waals surface area contributed by atoms with Gasteiger partial charge in [-0.05, 0) is 45.9 Å². The van der Waals surface area contributed by atoms with Gasteiger partial charge in [0.1, 0.15) is 11.3 Å². The number of nitrogens with zero attached hydrogens (tertiary/aromatic N) is 2. The Bertz CT molecular complexity index is 760. The van der Waals surface area contributed by atoms with Crippen molar-refractivity contribution in [3.63, 3.8) is 0 Å². The van der Waals surface area contributed by atoms with Gasteiger partial charge in [0.2, 0.25) is 0 Å². The van der Waals surface area contributed by atoms with Gasteiger partial charge in [-0.3, -0.25) is 0 Å². The molecule has 0 aliphatic rings. The molecule has 1 aromatic carbocycles. The van der Waals surface area contributed by atoms with Gasteiger partial charge in [-0.2, -0.15) is 9.78 Å². The Labute approximate surface area is 141 Å². The number of aromatic nitrogens is 2. The minimum atomic E-state index is -0.617. The molecule has 0 saturated heterocycles. The highest BCUT2D eigenvalue weighted by atomic mass is 16.6. The molecule has 0 aliphatic heterocycles. The second-order valence-electron chi connectivity index (χ2n) is 6.31. The first kappa shape index (κ1) is 17.7. The summed E-state index contributed by atoms with van der Waals surface area (Å²) in [5, 5.41) is 4.32. The number of carbonyl (C=O) groups excluding carboxylic acids is 1. The zero-order chi connectivity index (χ0) is 18.1. The quantitative estimate of drug-likeness (QED) is 0.927. The third-order valence-electron chi connectivity index (χ3n) is 3.39. The average Bonchev–Trinajstić information content (AvgIpc) is 2.81. The normalized spacial score (nSPS) is 11.2. The molecule has 130 valence electrons. The summed E-state index contributed by atoms with van der Waals surface area (Å²) in [4.78, 5) is 12.3. The van der Waals surface area contributed by atoms with Gasteiger partial charge in [0.25, 0.3) is 0 Å². The molecule has 0 amide bonds. The van der Waals surface area contributed by atoms with Crippen LogP contribution in [0.2, 0.25) is 0 Å². The number of carbonyl (C=O) groups is 1. The maximum Gasteiger partial charge on any atom is 0.435 e. The summed E-state index contributed by atoms with van der Waals surface area (Å²) in [7, 11) is 3.11. The summed E-state index contributed by atoms with van der Waals surface area (Å²) in [5.41, 5.74) is 7.65. The van der Waals surface area contributed by atoms with Crippen LogP contribution in [-0.4, -0.2) is 35.7 Å². The summed E-state index contributed by atoms with van der Waals surface area (Å²) in [5.74, 6) is 1.15. The molecule has 0 atom stereocenters. The molecule has 0 saturated carbocycles. The van der Waals surface area contributed by atoms with E-state index < -0.39 is 11.7 Å². The molecule has 0 bridgehead atoms. The Hall–Kier alpha value is -2.70. The zero-order valence-electron chi connectivity index (χ0n) is 14.8. The van der Waals surface area contributed by atoms with Crippen LogP contribution in [0, 0.1) is 6.92 Å². The van der Waals surface area contributed by atoms with Gasteiger partial charge < -0.3 is 19.9 Å². The minimum absolute atomic E-state index is 0.410. The molecular formula is C17H23N3O4. The lowest BCUT2D eigenvalue weighted by atomic mass is 10.1. The van der Waals surface area contributed by atoms with E-state index in [9.17, 15) is 4.79 Å². The van der Waals surface area contributed by atoms with Crippen molar-refractivity contribution in [3.8, 4) is 22.8 Å². The summed E-state index contributed by atoms with van der Waals surface area (Å²) in [6, 6.07) is 5.32. The minimum Gasteiger partial charge on any atom is -0.493 e. The molecule has 1 aromatic heterocycles. The Kier molecular flexibility index (Phi) is 4.73. The first-order valence-corrected chi connectivity index (χ1v) is 7.48. The Balaban J connectivity index is 2.46. The van der Waals surface area contributed by atoms with Gasteiger partial charge >= 0.3 is 6.09 Å². The molecule has 1 heterocycles. The number of anilines is 1. The van der Waals surface area contributed by atoms with E-state index in [1.54, 1.807) is 60.1 Å². The molecule has 0 fully saturated rings. The lowest BCUT2D eigenvalue weighted by molar-refractivity contribution is 0.0511. The SMILES string of the molecule is COc1ccc(-c2nn(C(=O)OC(C)(C)C)c(C)c2N)cc1OC. The van der Waals surface area contributed by atoms with Crippen molar-refractivity contribution in [1.29, 1.82) is 0 Å². The van der Waals surface area contributed by atoms with Gasteiger partial charge in [0.05, 0.1) is 25.6 Å². The highest BCUT2D eigenvalue weighted by Gasteiger charge is 2.23. The summed E-state index contributed by atoms with van der Waals surface area (Å²) >= 11 is 0. The summed E-state index contributed by atoms with van der Waals surface area (Å²) in [6.45, 7) is 7.10. The van der Waals surface area contributed by atoms with Crippen molar-refractivity contribution < 1.29 is 19.0 Å². The first-order valence-electron chi connectivity index (χ1n) is 7.48. The lowest BCUT2D eigenvalue weighted by Crippen LogP contribution is -2.28. The third kappa shape index (κ3) is 3.45. The standard InChI is InChI=1S/C17H23N3O4/c1-10-14(18)15(19-20(10)16(21)24-17(2,3)4)11-7-8-12(22-5)13(9-11)23-6/h7-9H,18H2,1-6H3. The van der Waals surface area contributed by atoms with Crippen LogP contribution in [0.3, 0.4) is 0 Å². The Morgan fingerprint density at radius 1 is 1.17 bits per heavy atom. The fraction of sp³-hybridized carbons (Fsp3) is 0.412. The van der Waals surface area contributed by atoms with Gasteiger partial charge in [-0.15, -0.1) is 0 Å². The van der Waals surface area contributed by atoms with Crippen LogP contribution in [0.5, 0.6) is 11.5 Å². The molecule has 7 heteroatoms. The number of benzene rings is 1. The number of methoxy groups -OCH3 is 2. The number of nitrogens with two attached hydrogens (primary N) is 1. The number of nitrogen functional groups attached to an aromatic ring is 1. The van der Waals surface area contributed by atoms with E-state index in [0.717, 1.165) is 5.56 Å². The Morgan fingerprint density at radius 3 is 2.33 bits per heavy atom. The van der Waals surface area contributed by atoms with Crippen molar-refractivity contribution in [3.05, 3.63) is 23.9 Å². The smallest absolute Gasteiger partial charge is 0.435 e. The first-order chi connectivity index (χ1) is 11.2. The fourth-order valence-electron chi connectivity index (χ4n) is 2.19. The molecular weight excluding hydrogens is 310 g/mol. The molecule has 0 aliphatic carbocycles. The summed E-state index contributed by atoms with van der Waals surface area (Å²) < 4.78 is 17.0. The monoisotopic (exact) mass is 333 g/mol. The number of hydrogen-bond acceptors (Lipinski definition) is 6. The van der Waals surface area contributed by atoms with Crippen LogP contribution < -0.4 is 15.2 Å². The highest BCUT2D eigenvalue weighted by Crippen LogP contribution is 2.35. The second-order valence-corrected chi connectivity index (χ2v) is 6.31. The molecule has 0 radical (unpaired) electrons. The largest absolute Gasteiger partial charge is 0.493 e.